The number of H-pyrrole nitrogens is 1. The van der Waals surface area contributed by atoms with Crippen molar-refractivity contribution >= 4 is 0 Å². The molecule has 0 aliphatic heterocycles. The highest BCUT2D eigenvalue weighted by Gasteiger charge is 2.53. The first-order valence-electron chi connectivity index (χ1n) is 9.14. The van der Waals surface area contributed by atoms with Gasteiger partial charge >= 0.3 is 0 Å². The highest BCUT2D eigenvalue weighted by Crippen LogP contribution is 2.57. The number of phenolic OH excluding ortho intramolecular Hbond substituents is 1. The molecule has 0 saturated heterocycles. The molecular formula is C21H28N2O. The minimum Gasteiger partial charge on any atom is -0.508 e. The van der Waals surface area contributed by atoms with Crippen LogP contribution in [0.2, 0.25) is 0 Å². The maximum absolute atomic E-state index is 10.4. The molecule has 0 saturated carbocycles. The summed E-state index contributed by atoms with van der Waals surface area (Å²) in [6, 6.07) is 4.10. The maximum atomic E-state index is 10.4. The van der Waals surface area contributed by atoms with E-state index in [4.69, 9.17) is 0 Å². The number of fused-ring (bicyclic) bond motifs is 4. The quantitative estimate of drug-likeness (QED) is 0.806. The molecule has 0 amide bonds. The molecular weight excluding hydrogens is 296 g/mol. The normalized spacial score (nSPS) is 27.5. The van der Waals surface area contributed by atoms with Crippen molar-refractivity contribution in [2.75, 3.05) is 0 Å². The van der Waals surface area contributed by atoms with E-state index >= 15 is 0 Å². The molecule has 24 heavy (non-hydrogen) atoms. The van der Waals surface area contributed by atoms with Gasteiger partial charge in [-0.05, 0) is 59.4 Å². The summed E-state index contributed by atoms with van der Waals surface area (Å²) < 4.78 is 0. The zero-order chi connectivity index (χ0) is 17.3. The number of aromatic hydroxyl groups is 1. The van der Waals surface area contributed by atoms with E-state index in [0.29, 0.717) is 17.6 Å². The van der Waals surface area contributed by atoms with Crippen molar-refractivity contribution in [3.63, 3.8) is 0 Å². The van der Waals surface area contributed by atoms with Gasteiger partial charge in [0.05, 0.1) is 6.20 Å². The van der Waals surface area contributed by atoms with E-state index in [1.165, 1.54) is 22.4 Å². The molecule has 2 aromatic rings. The molecule has 1 heterocycles. The van der Waals surface area contributed by atoms with Crippen LogP contribution >= 0.6 is 0 Å². The number of rotatable bonds is 1. The third-order valence-corrected chi connectivity index (χ3v) is 6.77. The van der Waals surface area contributed by atoms with Crippen LogP contribution in [0.3, 0.4) is 0 Å². The fourth-order valence-electron chi connectivity index (χ4n) is 5.84. The molecule has 2 aliphatic carbocycles. The smallest absolute Gasteiger partial charge is 0.119 e. The number of nitrogens with one attached hydrogen (secondary N) is 1. The van der Waals surface area contributed by atoms with Gasteiger partial charge in [0.15, 0.2) is 0 Å². The molecule has 3 heteroatoms. The summed E-state index contributed by atoms with van der Waals surface area (Å²) in [7, 11) is 0. The van der Waals surface area contributed by atoms with E-state index in [-0.39, 0.29) is 10.8 Å². The Kier molecular flexibility index (Phi) is 3.20. The largest absolute Gasteiger partial charge is 0.508 e. The van der Waals surface area contributed by atoms with Crippen molar-refractivity contribution in [3.05, 3.63) is 46.3 Å². The lowest BCUT2D eigenvalue weighted by Crippen LogP contribution is -2.51. The van der Waals surface area contributed by atoms with Crippen molar-refractivity contribution in [3.8, 4) is 5.75 Å². The lowest BCUT2D eigenvalue weighted by atomic mass is 9.50. The van der Waals surface area contributed by atoms with Gasteiger partial charge in [0.2, 0.25) is 0 Å². The Morgan fingerprint density at radius 2 is 2.00 bits per heavy atom. The molecule has 1 aromatic carbocycles. The van der Waals surface area contributed by atoms with Gasteiger partial charge in [0.25, 0.3) is 0 Å². The Labute approximate surface area is 144 Å². The first kappa shape index (κ1) is 15.7. The fraction of sp³-hybridized carbons (Fsp3) is 0.571. The Bertz CT molecular complexity index is 802. The Morgan fingerprint density at radius 1 is 1.25 bits per heavy atom. The predicted molar refractivity (Wildman–Crippen MR) is 96.7 cm³/mol. The van der Waals surface area contributed by atoms with Gasteiger partial charge < -0.3 is 5.11 Å². The zero-order valence-electron chi connectivity index (χ0n) is 15.4. The van der Waals surface area contributed by atoms with Crippen LogP contribution in [0, 0.1) is 5.92 Å². The standard InChI is InChI=1S/C21H28N2O/c1-12(2)18-14-6-9-17-20(3,4)19-13(11-22-23-19)10-21(17,5)15(14)7-8-16(18)24/h7-8,11-12,17,24H,6,9-10H2,1-5H3,(H,22,23)/t17-,21+/m0/s1. The Morgan fingerprint density at radius 3 is 2.71 bits per heavy atom. The summed E-state index contributed by atoms with van der Waals surface area (Å²) in [4.78, 5) is 0. The molecule has 2 atom stereocenters. The van der Waals surface area contributed by atoms with Gasteiger partial charge in [-0.1, -0.05) is 40.7 Å². The number of hydrogen-bond donors (Lipinski definition) is 2. The minimum atomic E-state index is 0.0897. The summed E-state index contributed by atoms with van der Waals surface area (Å²) >= 11 is 0. The summed E-state index contributed by atoms with van der Waals surface area (Å²) in [6.07, 6.45) is 5.27. The summed E-state index contributed by atoms with van der Waals surface area (Å²) in [5, 5.41) is 18.0. The molecule has 0 bridgehead atoms. The molecule has 0 fully saturated rings. The summed E-state index contributed by atoms with van der Waals surface area (Å²) in [6.45, 7) is 11.5. The van der Waals surface area contributed by atoms with Crippen molar-refractivity contribution in [1.29, 1.82) is 0 Å². The average Bonchev–Trinajstić information content (AvgIpc) is 2.94. The second-order valence-electron chi connectivity index (χ2n) is 8.86. The van der Waals surface area contributed by atoms with Gasteiger partial charge in [0.1, 0.15) is 5.75 Å². The zero-order valence-corrected chi connectivity index (χ0v) is 15.4. The van der Waals surface area contributed by atoms with Crippen LogP contribution in [0.4, 0.5) is 0 Å². The van der Waals surface area contributed by atoms with Gasteiger partial charge in [-0.3, -0.25) is 5.10 Å². The monoisotopic (exact) mass is 324 g/mol. The van der Waals surface area contributed by atoms with Crippen LogP contribution in [0.1, 0.15) is 74.9 Å². The molecule has 128 valence electrons. The highest BCUT2D eigenvalue weighted by molar-refractivity contribution is 5.53. The molecule has 0 spiro atoms. The number of aromatic amines is 1. The average molecular weight is 324 g/mol. The minimum absolute atomic E-state index is 0.0897. The second-order valence-corrected chi connectivity index (χ2v) is 8.86. The van der Waals surface area contributed by atoms with E-state index in [2.05, 4.69) is 50.9 Å². The van der Waals surface area contributed by atoms with Crippen LogP contribution in [0.15, 0.2) is 18.3 Å². The number of phenols is 1. The van der Waals surface area contributed by atoms with E-state index in [0.717, 1.165) is 24.8 Å². The SMILES string of the molecule is CC(C)c1c(O)ccc2c1CC[C@H]1C(C)(C)c3[nH]ncc3C[C@]21C. The van der Waals surface area contributed by atoms with Gasteiger partial charge in [-0.15, -0.1) is 0 Å². The van der Waals surface area contributed by atoms with Crippen molar-refractivity contribution in [1.82, 2.24) is 10.2 Å². The van der Waals surface area contributed by atoms with Crippen LogP contribution in [0.25, 0.3) is 0 Å². The van der Waals surface area contributed by atoms with Crippen molar-refractivity contribution < 1.29 is 5.11 Å². The van der Waals surface area contributed by atoms with Gasteiger partial charge in [-0.2, -0.15) is 5.10 Å². The highest BCUT2D eigenvalue weighted by atomic mass is 16.3. The number of nitrogens with zero attached hydrogens (tertiary/aromatic N) is 1. The third-order valence-electron chi connectivity index (χ3n) is 6.77. The summed E-state index contributed by atoms with van der Waals surface area (Å²) in [5.41, 5.74) is 6.86. The van der Waals surface area contributed by atoms with Crippen molar-refractivity contribution in [2.24, 2.45) is 5.92 Å². The molecule has 1 aromatic heterocycles. The maximum Gasteiger partial charge on any atom is 0.119 e. The molecule has 3 nitrogen and oxygen atoms in total. The number of aromatic nitrogens is 2. The lowest BCUT2D eigenvalue weighted by molar-refractivity contribution is 0.136. The van der Waals surface area contributed by atoms with E-state index in [1.54, 1.807) is 0 Å². The molecule has 0 unspecified atom stereocenters. The van der Waals surface area contributed by atoms with Crippen LogP contribution in [0.5, 0.6) is 5.75 Å². The van der Waals surface area contributed by atoms with Crippen LogP contribution in [-0.2, 0) is 23.7 Å². The van der Waals surface area contributed by atoms with E-state index < -0.39 is 0 Å². The van der Waals surface area contributed by atoms with Crippen molar-refractivity contribution in [2.45, 2.75) is 70.6 Å². The first-order chi connectivity index (χ1) is 11.3. The van der Waals surface area contributed by atoms with Gasteiger partial charge in [0, 0.05) is 16.5 Å². The van der Waals surface area contributed by atoms with Crippen LogP contribution < -0.4 is 0 Å². The Hall–Kier alpha value is -1.77. The third kappa shape index (κ3) is 1.87. The molecule has 4 rings (SSSR count). The Balaban J connectivity index is 1.95. The molecule has 2 N–H and O–H groups in total. The molecule has 0 radical (unpaired) electrons. The second kappa shape index (κ2) is 4.87. The topological polar surface area (TPSA) is 48.9 Å². The van der Waals surface area contributed by atoms with Gasteiger partial charge in [-0.25, -0.2) is 0 Å². The fourth-order valence-corrected chi connectivity index (χ4v) is 5.84. The summed E-state index contributed by atoms with van der Waals surface area (Å²) in [5.74, 6) is 1.39. The predicted octanol–water partition coefficient (Wildman–Crippen LogP) is 4.59. The van der Waals surface area contributed by atoms with E-state index in [9.17, 15) is 5.11 Å². The lowest BCUT2D eigenvalue weighted by Gasteiger charge is -2.54. The van der Waals surface area contributed by atoms with E-state index in [1.807, 2.05) is 12.3 Å². The number of benzene rings is 1. The molecule has 2 aliphatic rings. The first-order valence-corrected chi connectivity index (χ1v) is 9.14. The number of hydrogen-bond acceptors (Lipinski definition) is 2. The van der Waals surface area contributed by atoms with Crippen LogP contribution in [-0.4, -0.2) is 15.3 Å².